The highest BCUT2D eigenvalue weighted by atomic mass is 32.1. The molecule has 0 aliphatic carbocycles. The summed E-state index contributed by atoms with van der Waals surface area (Å²) in [5.41, 5.74) is 1.06. The first kappa shape index (κ1) is 13.7. The number of thiazole rings is 1. The smallest absolute Gasteiger partial charge is 0.134 e. The Bertz CT molecular complexity index is 498. The third-order valence-corrected chi connectivity index (χ3v) is 3.58. The normalized spacial score (nSPS) is 10.4. The van der Waals surface area contributed by atoms with Crippen molar-refractivity contribution in [2.75, 3.05) is 23.7 Å². The molecule has 5 nitrogen and oxygen atoms in total. The van der Waals surface area contributed by atoms with Crippen LogP contribution >= 0.6 is 11.3 Å². The van der Waals surface area contributed by atoms with Crippen LogP contribution in [0, 0.1) is 6.92 Å². The summed E-state index contributed by atoms with van der Waals surface area (Å²) in [7, 11) is 0. The molecular weight excluding hydrogens is 258 g/mol. The van der Waals surface area contributed by atoms with E-state index in [9.17, 15) is 0 Å². The SMILES string of the molecule is CCCNc1ncnc(NCCc2nccs2)c1C. The Hall–Kier alpha value is -1.69. The molecule has 0 amide bonds. The van der Waals surface area contributed by atoms with E-state index in [4.69, 9.17) is 0 Å². The molecule has 0 atom stereocenters. The van der Waals surface area contributed by atoms with Crippen LogP contribution in [0.15, 0.2) is 17.9 Å². The first-order valence-electron chi connectivity index (χ1n) is 6.49. The maximum absolute atomic E-state index is 4.29. The minimum atomic E-state index is 0.832. The van der Waals surface area contributed by atoms with Crippen molar-refractivity contribution in [3.8, 4) is 0 Å². The van der Waals surface area contributed by atoms with Gasteiger partial charge in [-0.2, -0.15) is 0 Å². The zero-order valence-electron chi connectivity index (χ0n) is 11.3. The lowest BCUT2D eigenvalue weighted by Gasteiger charge is -2.11. The summed E-state index contributed by atoms with van der Waals surface area (Å²) in [6, 6.07) is 0. The van der Waals surface area contributed by atoms with Gasteiger partial charge < -0.3 is 10.6 Å². The van der Waals surface area contributed by atoms with Gasteiger partial charge in [0.05, 0.1) is 5.01 Å². The molecular formula is C13H19N5S. The summed E-state index contributed by atoms with van der Waals surface area (Å²) in [6.45, 7) is 5.93. The van der Waals surface area contributed by atoms with Gasteiger partial charge in [-0.1, -0.05) is 6.92 Å². The van der Waals surface area contributed by atoms with Crippen LogP contribution in [0.5, 0.6) is 0 Å². The van der Waals surface area contributed by atoms with Crippen LogP contribution in [0.2, 0.25) is 0 Å². The molecule has 2 aromatic rings. The third kappa shape index (κ3) is 3.89. The standard InChI is InChI=1S/C13H19N5S/c1-3-5-15-12-10(2)13(18-9-17-12)16-6-4-11-14-7-8-19-11/h7-9H,3-6H2,1-2H3,(H2,15,16,17,18). The predicted molar refractivity (Wildman–Crippen MR) is 79.9 cm³/mol. The lowest BCUT2D eigenvalue weighted by Crippen LogP contribution is -2.11. The van der Waals surface area contributed by atoms with E-state index in [1.54, 1.807) is 17.7 Å². The molecule has 2 rings (SSSR count). The molecule has 2 aromatic heterocycles. The van der Waals surface area contributed by atoms with Crippen molar-refractivity contribution in [3.05, 3.63) is 28.5 Å². The van der Waals surface area contributed by atoms with E-state index in [1.807, 2.05) is 18.5 Å². The van der Waals surface area contributed by atoms with Crippen LogP contribution in [0.1, 0.15) is 23.9 Å². The minimum Gasteiger partial charge on any atom is -0.370 e. The maximum atomic E-state index is 4.29. The molecule has 2 N–H and O–H groups in total. The summed E-state index contributed by atoms with van der Waals surface area (Å²) in [5, 5.41) is 9.79. The Labute approximate surface area is 117 Å². The van der Waals surface area contributed by atoms with Crippen molar-refractivity contribution in [1.82, 2.24) is 15.0 Å². The lowest BCUT2D eigenvalue weighted by molar-refractivity contribution is 0.950. The van der Waals surface area contributed by atoms with E-state index in [0.29, 0.717) is 0 Å². The second-order valence-corrected chi connectivity index (χ2v) is 5.20. The molecule has 0 aromatic carbocycles. The van der Waals surface area contributed by atoms with Crippen LogP contribution in [-0.4, -0.2) is 28.0 Å². The number of rotatable bonds is 7. The zero-order valence-corrected chi connectivity index (χ0v) is 12.1. The summed E-state index contributed by atoms with van der Waals surface area (Å²) < 4.78 is 0. The Morgan fingerprint density at radius 2 is 1.84 bits per heavy atom. The number of aromatic nitrogens is 3. The summed E-state index contributed by atoms with van der Waals surface area (Å²) in [4.78, 5) is 12.8. The van der Waals surface area contributed by atoms with E-state index >= 15 is 0 Å². The van der Waals surface area contributed by atoms with E-state index in [0.717, 1.165) is 48.1 Å². The van der Waals surface area contributed by atoms with Gasteiger partial charge in [0.1, 0.15) is 18.0 Å². The first-order chi connectivity index (χ1) is 9.31. The van der Waals surface area contributed by atoms with Gasteiger partial charge in [0.15, 0.2) is 0 Å². The van der Waals surface area contributed by atoms with Gasteiger partial charge in [-0.05, 0) is 13.3 Å². The van der Waals surface area contributed by atoms with Crippen LogP contribution in [0.3, 0.4) is 0 Å². The molecule has 0 radical (unpaired) electrons. The summed E-state index contributed by atoms with van der Waals surface area (Å²) in [6.07, 6.45) is 5.43. The molecule has 0 aliphatic heterocycles. The number of nitrogens with one attached hydrogen (secondary N) is 2. The van der Waals surface area contributed by atoms with Crippen molar-refractivity contribution in [1.29, 1.82) is 0 Å². The number of nitrogens with zero attached hydrogens (tertiary/aromatic N) is 3. The fraction of sp³-hybridized carbons (Fsp3) is 0.462. The zero-order chi connectivity index (χ0) is 13.5. The molecule has 0 fully saturated rings. The highest BCUT2D eigenvalue weighted by molar-refractivity contribution is 7.09. The van der Waals surface area contributed by atoms with E-state index in [-0.39, 0.29) is 0 Å². The molecule has 102 valence electrons. The highest BCUT2D eigenvalue weighted by Gasteiger charge is 2.06. The predicted octanol–water partition coefficient (Wildman–Crippen LogP) is 2.72. The maximum Gasteiger partial charge on any atom is 0.134 e. The van der Waals surface area contributed by atoms with Crippen LogP contribution < -0.4 is 10.6 Å². The molecule has 19 heavy (non-hydrogen) atoms. The van der Waals surface area contributed by atoms with Gasteiger partial charge >= 0.3 is 0 Å². The van der Waals surface area contributed by atoms with Crippen molar-refractivity contribution in [2.45, 2.75) is 26.7 Å². The van der Waals surface area contributed by atoms with Crippen molar-refractivity contribution < 1.29 is 0 Å². The Kier molecular flexibility index (Phi) is 5.09. The highest BCUT2D eigenvalue weighted by Crippen LogP contribution is 2.18. The average Bonchev–Trinajstić information content (AvgIpc) is 2.92. The van der Waals surface area contributed by atoms with Crippen LogP contribution in [-0.2, 0) is 6.42 Å². The molecule has 0 saturated carbocycles. The number of hydrogen-bond donors (Lipinski definition) is 2. The van der Waals surface area contributed by atoms with Gasteiger partial charge in [-0.3, -0.25) is 0 Å². The molecule has 0 spiro atoms. The number of hydrogen-bond acceptors (Lipinski definition) is 6. The third-order valence-electron chi connectivity index (χ3n) is 2.74. The first-order valence-corrected chi connectivity index (χ1v) is 7.37. The quantitative estimate of drug-likeness (QED) is 0.814. The fourth-order valence-electron chi connectivity index (χ4n) is 1.71. The monoisotopic (exact) mass is 277 g/mol. The van der Waals surface area contributed by atoms with Crippen molar-refractivity contribution in [3.63, 3.8) is 0 Å². The van der Waals surface area contributed by atoms with E-state index < -0.39 is 0 Å². The van der Waals surface area contributed by atoms with Gasteiger partial charge in [-0.15, -0.1) is 11.3 Å². The summed E-state index contributed by atoms with van der Waals surface area (Å²) >= 11 is 1.68. The van der Waals surface area contributed by atoms with E-state index in [2.05, 4.69) is 32.5 Å². The number of anilines is 2. The van der Waals surface area contributed by atoms with Gasteiger partial charge in [-0.25, -0.2) is 15.0 Å². The van der Waals surface area contributed by atoms with Crippen molar-refractivity contribution in [2.24, 2.45) is 0 Å². The molecule has 0 aliphatic rings. The lowest BCUT2D eigenvalue weighted by atomic mass is 10.3. The Balaban J connectivity index is 1.92. The van der Waals surface area contributed by atoms with Gasteiger partial charge in [0.2, 0.25) is 0 Å². The van der Waals surface area contributed by atoms with Crippen molar-refractivity contribution >= 4 is 23.0 Å². The molecule has 0 saturated heterocycles. The Morgan fingerprint density at radius 3 is 2.47 bits per heavy atom. The second kappa shape index (κ2) is 7.04. The molecule has 0 unspecified atom stereocenters. The molecule has 2 heterocycles. The fourth-order valence-corrected chi connectivity index (χ4v) is 2.33. The topological polar surface area (TPSA) is 62.7 Å². The average molecular weight is 277 g/mol. The Morgan fingerprint density at radius 1 is 1.11 bits per heavy atom. The largest absolute Gasteiger partial charge is 0.370 e. The molecule has 0 bridgehead atoms. The van der Waals surface area contributed by atoms with E-state index in [1.165, 1.54) is 0 Å². The molecule has 6 heteroatoms. The van der Waals surface area contributed by atoms with Crippen LogP contribution in [0.25, 0.3) is 0 Å². The summed E-state index contributed by atoms with van der Waals surface area (Å²) in [5.74, 6) is 1.80. The second-order valence-electron chi connectivity index (χ2n) is 4.23. The van der Waals surface area contributed by atoms with Gasteiger partial charge in [0.25, 0.3) is 0 Å². The van der Waals surface area contributed by atoms with Crippen LogP contribution in [0.4, 0.5) is 11.6 Å². The van der Waals surface area contributed by atoms with Gasteiger partial charge in [0, 0.05) is 36.7 Å². The minimum absolute atomic E-state index is 0.832.